The Kier molecular flexibility index (Phi) is 6.54. The van der Waals surface area contributed by atoms with E-state index >= 15 is 0 Å². The Morgan fingerprint density at radius 2 is 2.00 bits per heavy atom. The molecule has 1 aliphatic heterocycles. The zero-order chi connectivity index (χ0) is 21.0. The molecule has 0 saturated heterocycles. The van der Waals surface area contributed by atoms with E-state index in [1.807, 2.05) is 30.0 Å². The monoisotopic (exact) mass is 396 g/mol. The molecule has 1 aliphatic rings. The van der Waals surface area contributed by atoms with Crippen LogP contribution in [0.1, 0.15) is 43.0 Å². The summed E-state index contributed by atoms with van der Waals surface area (Å²) in [7, 11) is 0. The summed E-state index contributed by atoms with van der Waals surface area (Å²) in [5.74, 6) is 0.816. The number of nitrogens with two attached hydrogens (primary N) is 1. The third kappa shape index (κ3) is 4.95. The number of aryl methyl sites for hydroxylation is 1. The molecule has 2 atom stereocenters. The average Bonchev–Trinajstić information content (AvgIpc) is 2.67. The highest BCUT2D eigenvalue weighted by molar-refractivity contribution is 5.95. The number of nitrogens with zero attached hydrogens (tertiary/aromatic N) is 1. The van der Waals surface area contributed by atoms with Crippen molar-refractivity contribution >= 4 is 17.7 Å². The number of carbonyl (C=O) groups excluding carboxylic acids is 2. The molecule has 0 radical (unpaired) electrons. The molecule has 154 valence electrons. The molecular weight excluding hydrogens is 368 g/mol. The molecule has 0 bridgehead atoms. The van der Waals surface area contributed by atoms with E-state index in [9.17, 15) is 9.59 Å². The first-order valence-electron chi connectivity index (χ1n) is 9.98. The zero-order valence-corrected chi connectivity index (χ0v) is 17.2. The molecule has 2 unspecified atom stereocenters. The van der Waals surface area contributed by atoms with Gasteiger partial charge >= 0.3 is 6.16 Å². The maximum Gasteiger partial charge on any atom is 0.513 e. The van der Waals surface area contributed by atoms with E-state index in [2.05, 4.69) is 13.0 Å². The molecule has 0 aromatic heterocycles. The smallest absolute Gasteiger partial charge is 0.434 e. The van der Waals surface area contributed by atoms with Gasteiger partial charge in [0.25, 0.3) is 0 Å². The SMILES string of the molecule is CCOC(=O)Oc1ccc(C(N)CC(=O)N2CC(C)Cc3ccccc32)c(C)c1. The van der Waals surface area contributed by atoms with Gasteiger partial charge in [0.2, 0.25) is 5.91 Å². The van der Waals surface area contributed by atoms with Crippen LogP contribution >= 0.6 is 0 Å². The summed E-state index contributed by atoms with van der Waals surface area (Å²) in [6.45, 7) is 6.71. The van der Waals surface area contributed by atoms with Crippen LogP contribution in [0, 0.1) is 12.8 Å². The fraction of sp³-hybridized carbons (Fsp3) is 0.391. The number of benzene rings is 2. The highest BCUT2D eigenvalue weighted by Gasteiger charge is 2.27. The Morgan fingerprint density at radius 1 is 1.24 bits per heavy atom. The predicted octanol–water partition coefficient (Wildman–Crippen LogP) is 4.15. The molecule has 29 heavy (non-hydrogen) atoms. The van der Waals surface area contributed by atoms with E-state index in [1.165, 1.54) is 5.56 Å². The molecule has 2 N–H and O–H groups in total. The Balaban J connectivity index is 1.71. The second-order valence-corrected chi connectivity index (χ2v) is 7.56. The number of rotatable bonds is 5. The van der Waals surface area contributed by atoms with E-state index in [1.54, 1.807) is 25.1 Å². The van der Waals surface area contributed by atoms with Gasteiger partial charge in [-0.1, -0.05) is 31.2 Å². The quantitative estimate of drug-likeness (QED) is 0.607. The van der Waals surface area contributed by atoms with Crippen molar-refractivity contribution in [3.8, 4) is 5.75 Å². The summed E-state index contributed by atoms with van der Waals surface area (Å²) in [5, 5.41) is 0. The van der Waals surface area contributed by atoms with Gasteiger partial charge in [0.05, 0.1) is 6.61 Å². The minimum Gasteiger partial charge on any atom is -0.434 e. The topological polar surface area (TPSA) is 81.9 Å². The molecule has 0 spiro atoms. The summed E-state index contributed by atoms with van der Waals surface area (Å²) in [4.78, 5) is 26.4. The maximum absolute atomic E-state index is 13.0. The lowest BCUT2D eigenvalue weighted by Gasteiger charge is -2.34. The fourth-order valence-corrected chi connectivity index (χ4v) is 3.81. The molecule has 6 heteroatoms. The third-order valence-electron chi connectivity index (χ3n) is 5.14. The lowest BCUT2D eigenvalue weighted by Crippen LogP contribution is -2.40. The van der Waals surface area contributed by atoms with Crippen molar-refractivity contribution < 1.29 is 19.1 Å². The highest BCUT2D eigenvalue weighted by Crippen LogP contribution is 2.31. The first kappa shape index (κ1) is 20.9. The molecule has 0 aliphatic carbocycles. The molecule has 0 saturated carbocycles. The van der Waals surface area contributed by atoms with Crippen LogP contribution in [0.5, 0.6) is 5.75 Å². The minimum atomic E-state index is -0.739. The summed E-state index contributed by atoms with van der Waals surface area (Å²) < 4.78 is 9.90. The second kappa shape index (κ2) is 9.09. The summed E-state index contributed by atoms with van der Waals surface area (Å²) in [6, 6.07) is 12.8. The fourth-order valence-electron chi connectivity index (χ4n) is 3.81. The average molecular weight is 396 g/mol. The van der Waals surface area contributed by atoms with E-state index in [-0.39, 0.29) is 18.9 Å². The Hall–Kier alpha value is -2.86. The van der Waals surface area contributed by atoms with Crippen molar-refractivity contribution in [1.82, 2.24) is 0 Å². The Labute approximate surface area is 171 Å². The van der Waals surface area contributed by atoms with Crippen molar-refractivity contribution in [2.45, 2.75) is 39.7 Å². The van der Waals surface area contributed by atoms with Crippen LogP contribution in [0.25, 0.3) is 0 Å². The van der Waals surface area contributed by atoms with Crippen molar-refractivity contribution in [3.05, 3.63) is 59.2 Å². The van der Waals surface area contributed by atoms with Crippen LogP contribution in [-0.2, 0) is 16.0 Å². The zero-order valence-electron chi connectivity index (χ0n) is 17.2. The number of anilines is 1. The molecule has 2 aromatic carbocycles. The molecule has 2 aromatic rings. The van der Waals surface area contributed by atoms with Gasteiger partial charge in [-0.25, -0.2) is 4.79 Å². The predicted molar refractivity (Wildman–Crippen MR) is 112 cm³/mol. The molecule has 1 heterocycles. The largest absolute Gasteiger partial charge is 0.513 e. The van der Waals surface area contributed by atoms with E-state index < -0.39 is 12.2 Å². The number of fused-ring (bicyclic) bond motifs is 1. The van der Waals surface area contributed by atoms with Crippen molar-refractivity contribution in [1.29, 1.82) is 0 Å². The molecule has 1 amide bonds. The van der Waals surface area contributed by atoms with E-state index in [0.29, 0.717) is 18.2 Å². The Morgan fingerprint density at radius 3 is 2.72 bits per heavy atom. The molecule has 0 fully saturated rings. The number of amides is 1. The standard InChI is InChI=1S/C23H28N2O4/c1-4-28-23(27)29-18-9-10-19(16(3)12-18)20(24)13-22(26)25-14-15(2)11-17-7-5-6-8-21(17)25/h5-10,12,15,20H,4,11,13-14,24H2,1-3H3. The summed E-state index contributed by atoms with van der Waals surface area (Å²) in [5.41, 5.74) is 10.3. The number of carbonyl (C=O) groups is 2. The lowest BCUT2D eigenvalue weighted by atomic mass is 9.92. The van der Waals surface area contributed by atoms with Gasteiger partial charge in [-0.05, 0) is 61.1 Å². The van der Waals surface area contributed by atoms with Gasteiger partial charge in [0.15, 0.2) is 0 Å². The number of para-hydroxylation sites is 1. The van der Waals surface area contributed by atoms with Gasteiger partial charge in [-0.2, -0.15) is 0 Å². The normalized spacial score (nSPS) is 16.7. The Bertz CT molecular complexity index is 896. The number of ether oxygens (including phenoxy) is 2. The molecule has 3 rings (SSSR count). The van der Waals surface area contributed by atoms with Crippen LogP contribution in [0.4, 0.5) is 10.5 Å². The summed E-state index contributed by atoms with van der Waals surface area (Å²) in [6.07, 6.45) is 0.449. The first-order valence-corrected chi connectivity index (χ1v) is 9.98. The summed E-state index contributed by atoms with van der Waals surface area (Å²) >= 11 is 0. The number of hydrogen-bond donors (Lipinski definition) is 1. The van der Waals surface area contributed by atoms with Gasteiger partial charge in [-0.15, -0.1) is 0 Å². The van der Waals surface area contributed by atoms with Crippen LogP contribution in [-0.4, -0.2) is 25.2 Å². The van der Waals surface area contributed by atoms with Gasteiger partial charge in [0, 0.05) is 24.7 Å². The minimum absolute atomic E-state index is 0.0164. The van der Waals surface area contributed by atoms with Crippen LogP contribution < -0.4 is 15.4 Å². The first-order chi connectivity index (χ1) is 13.9. The van der Waals surface area contributed by atoms with Crippen LogP contribution in [0.15, 0.2) is 42.5 Å². The third-order valence-corrected chi connectivity index (χ3v) is 5.14. The van der Waals surface area contributed by atoms with Gasteiger partial charge in [-0.3, -0.25) is 4.79 Å². The van der Waals surface area contributed by atoms with Crippen LogP contribution in [0.2, 0.25) is 0 Å². The van der Waals surface area contributed by atoms with Gasteiger partial charge in [0.1, 0.15) is 5.75 Å². The maximum atomic E-state index is 13.0. The van der Waals surface area contributed by atoms with Crippen molar-refractivity contribution in [2.75, 3.05) is 18.1 Å². The molecule has 6 nitrogen and oxygen atoms in total. The van der Waals surface area contributed by atoms with E-state index in [0.717, 1.165) is 23.2 Å². The second-order valence-electron chi connectivity index (χ2n) is 7.56. The van der Waals surface area contributed by atoms with Crippen LogP contribution in [0.3, 0.4) is 0 Å². The van der Waals surface area contributed by atoms with E-state index in [4.69, 9.17) is 15.2 Å². The van der Waals surface area contributed by atoms with Crippen molar-refractivity contribution in [3.63, 3.8) is 0 Å². The number of hydrogen-bond acceptors (Lipinski definition) is 5. The van der Waals surface area contributed by atoms with Crippen molar-refractivity contribution in [2.24, 2.45) is 11.7 Å². The van der Waals surface area contributed by atoms with Gasteiger partial charge < -0.3 is 20.1 Å². The molecular formula is C23H28N2O4. The highest BCUT2D eigenvalue weighted by atomic mass is 16.7. The lowest BCUT2D eigenvalue weighted by molar-refractivity contribution is -0.119.